The first-order valence-electron chi connectivity index (χ1n) is 17.4. The lowest BCUT2D eigenvalue weighted by atomic mass is 9.95. The molecule has 54 heavy (non-hydrogen) atoms. The fraction of sp³-hybridized carbons (Fsp3) is 0.268. The minimum absolute atomic E-state index is 0.138. The number of carbonyl (C=O) groups is 2. The highest BCUT2D eigenvalue weighted by molar-refractivity contribution is 7.07. The van der Waals surface area contributed by atoms with Crippen LogP contribution in [-0.4, -0.2) is 48.0 Å². The number of aromatic nitrogens is 2. The molecule has 1 aliphatic heterocycles. The van der Waals surface area contributed by atoms with Crippen molar-refractivity contribution in [2.24, 2.45) is 4.99 Å². The van der Waals surface area contributed by atoms with E-state index < -0.39 is 18.0 Å². The number of ether oxygens (including phenoxy) is 5. The molecule has 3 heterocycles. The third-order valence-electron chi connectivity index (χ3n) is 8.84. The molecule has 11 nitrogen and oxygen atoms in total. The van der Waals surface area contributed by atoms with Crippen molar-refractivity contribution in [2.45, 2.75) is 47.3 Å². The quantitative estimate of drug-likeness (QED) is 0.137. The predicted octanol–water partition coefficient (Wildman–Crippen LogP) is 5.87. The van der Waals surface area contributed by atoms with E-state index >= 15 is 0 Å². The average molecular weight is 754 g/mol. The summed E-state index contributed by atoms with van der Waals surface area (Å²) in [5, 5.41) is 0. The van der Waals surface area contributed by atoms with E-state index in [9.17, 15) is 18.8 Å². The number of allylic oxidation sites excluding steroid dienone is 1. The van der Waals surface area contributed by atoms with Crippen LogP contribution in [0.25, 0.3) is 11.8 Å². The van der Waals surface area contributed by atoms with Crippen molar-refractivity contribution in [2.75, 3.05) is 26.9 Å². The number of rotatable bonds is 13. The van der Waals surface area contributed by atoms with E-state index in [4.69, 9.17) is 28.7 Å². The molecule has 5 aromatic rings. The molecular formula is C41H40FN3O8S. The molecule has 1 atom stereocenters. The van der Waals surface area contributed by atoms with Crippen LogP contribution in [0.1, 0.15) is 54.9 Å². The van der Waals surface area contributed by atoms with Gasteiger partial charge < -0.3 is 28.3 Å². The van der Waals surface area contributed by atoms with E-state index in [1.54, 1.807) is 44.2 Å². The summed E-state index contributed by atoms with van der Waals surface area (Å²) in [5.41, 5.74) is 5.40. The van der Waals surface area contributed by atoms with Gasteiger partial charge >= 0.3 is 11.9 Å². The lowest BCUT2D eigenvalue weighted by Gasteiger charge is -2.25. The van der Waals surface area contributed by atoms with Gasteiger partial charge in [-0.3, -0.25) is 9.36 Å². The summed E-state index contributed by atoms with van der Waals surface area (Å²) >= 11 is 1.23. The van der Waals surface area contributed by atoms with Gasteiger partial charge in [0.2, 0.25) is 0 Å². The normalized spacial score (nSPS) is 14.0. The third kappa shape index (κ3) is 7.86. The summed E-state index contributed by atoms with van der Waals surface area (Å²) in [4.78, 5) is 44.7. The number of esters is 2. The molecule has 0 saturated heterocycles. The molecule has 0 amide bonds. The molecule has 280 valence electrons. The largest absolute Gasteiger partial charge is 0.490 e. The fourth-order valence-corrected chi connectivity index (χ4v) is 7.33. The molecule has 0 saturated carbocycles. The molecule has 0 spiro atoms. The SMILES string of the molecule is CCOC(=O)C1=C(C)N=c2s/c(=C/c3cc(C)n(-c4ccc(OCc5ccc(F)cc5)cc4)c3C)c(=O)n2[C@H]1c1ccc(OCC(=O)OC)c(OCC)c1. The topological polar surface area (TPSA) is 120 Å². The van der Waals surface area contributed by atoms with E-state index in [0.717, 1.165) is 28.2 Å². The van der Waals surface area contributed by atoms with E-state index in [1.807, 2.05) is 57.2 Å². The third-order valence-corrected chi connectivity index (χ3v) is 9.83. The van der Waals surface area contributed by atoms with Crippen LogP contribution in [0.15, 0.2) is 93.9 Å². The highest BCUT2D eigenvalue weighted by Gasteiger charge is 2.34. The Morgan fingerprint density at radius 1 is 0.907 bits per heavy atom. The summed E-state index contributed by atoms with van der Waals surface area (Å²) in [6.45, 7) is 9.66. The Labute approximate surface area is 315 Å². The van der Waals surface area contributed by atoms with Gasteiger partial charge in [0.05, 0.1) is 42.2 Å². The lowest BCUT2D eigenvalue weighted by molar-refractivity contribution is -0.143. The highest BCUT2D eigenvalue weighted by atomic mass is 32.1. The first kappa shape index (κ1) is 37.8. The van der Waals surface area contributed by atoms with E-state index in [0.29, 0.717) is 51.1 Å². The number of halogens is 1. The molecule has 2 aromatic heterocycles. The Balaban J connectivity index is 1.36. The second kappa shape index (κ2) is 16.4. The van der Waals surface area contributed by atoms with Gasteiger partial charge in [0, 0.05) is 17.1 Å². The number of hydrogen-bond acceptors (Lipinski definition) is 10. The molecule has 1 aliphatic rings. The number of nitrogens with zero attached hydrogens (tertiary/aromatic N) is 3. The Hall–Kier alpha value is -5.95. The van der Waals surface area contributed by atoms with Crippen molar-refractivity contribution in [1.82, 2.24) is 9.13 Å². The minimum atomic E-state index is -0.882. The van der Waals surface area contributed by atoms with Gasteiger partial charge in [0.25, 0.3) is 5.56 Å². The van der Waals surface area contributed by atoms with Crippen LogP contribution >= 0.6 is 11.3 Å². The molecule has 13 heteroatoms. The van der Waals surface area contributed by atoms with Crippen molar-refractivity contribution in [3.05, 3.63) is 138 Å². The zero-order valence-electron chi connectivity index (χ0n) is 30.8. The van der Waals surface area contributed by atoms with Gasteiger partial charge in [-0.25, -0.2) is 19.0 Å². The number of fused-ring (bicyclic) bond motifs is 1. The van der Waals surface area contributed by atoms with E-state index in [1.165, 1.54) is 35.1 Å². The molecule has 0 fully saturated rings. The zero-order chi connectivity index (χ0) is 38.5. The summed E-state index contributed by atoms with van der Waals surface area (Å²) in [5.74, 6) is -0.120. The standard InChI is InChI=1S/C41H40FN3O8S/c1-7-50-34-20-28(11-18-33(34)53-23-36(46)49-6)38-37(40(48)51-8-2)25(4)43-41-45(38)39(47)35(54-41)21-29-19-24(3)44(26(29)5)31-14-16-32(17-15-31)52-22-27-9-12-30(42)13-10-27/h9-21,38H,7-8,22-23H2,1-6H3/b35-21+/t38-/m0/s1. The molecule has 0 unspecified atom stereocenters. The van der Waals surface area contributed by atoms with Crippen LogP contribution < -0.4 is 29.1 Å². The first-order valence-corrected chi connectivity index (χ1v) is 18.2. The van der Waals surface area contributed by atoms with Crippen LogP contribution in [0.4, 0.5) is 4.39 Å². The maximum atomic E-state index is 14.4. The summed E-state index contributed by atoms with van der Waals surface area (Å²) < 4.78 is 44.9. The molecule has 0 aliphatic carbocycles. The lowest BCUT2D eigenvalue weighted by Crippen LogP contribution is -2.40. The van der Waals surface area contributed by atoms with Gasteiger partial charge in [-0.15, -0.1) is 0 Å². The number of benzene rings is 3. The number of thiazole rings is 1. The van der Waals surface area contributed by atoms with Crippen LogP contribution in [0.3, 0.4) is 0 Å². The molecule has 6 rings (SSSR count). The molecule has 0 N–H and O–H groups in total. The van der Waals surface area contributed by atoms with Gasteiger partial charge in [0.1, 0.15) is 18.2 Å². The fourth-order valence-electron chi connectivity index (χ4n) is 6.30. The Morgan fingerprint density at radius 3 is 2.33 bits per heavy atom. The van der Waals surface area contributed by atoms with Gasteiger partial charge in [0.15, 0.2) is 22.9 Å². The molecule has 3 aromatic carbocycles. The Bertz CT molecular complexity index is 2410. The van der Waals surface area contributed by atoms with Crippen molar-refractivity contribution in [1.29, 1.82) is 0 Å². The van der Waals surface area contributed by atoms with Crippen molar-refractivity contribution in [3.63, 3.8) is 0 Å². The summed E-state index contributed by atoms with van der Waals surface area (Å²) in [6, 6.07) is 20.1. The molecular weight excluding hydrogens is 714 g/mol. The zero-order valence-corrected chi connectivity index (χ0v) is 31.6. The monoisotopic (exact) mass is 753 g/mol. The Kier molecular flexibility index (Phi) is 11.5. The van der Waals surface area contributed by atoms with E-state index in [2.05, 4.69) is 4.57 Å². The van der Waals surface area contributed by atoms with Crippen LogP contribution in [-0.2, 0) is 25.7 Å². The second-order valence-corrected chi connectivity index (χ2v) is 13.4. The molecule has 0 radical (unpaired) electrons. The van der Waals surface area contributed by atoms with Crippen LogP contribution in [0, 0.1) is 19.7 Å². The summed E-state index contributed by atoms with van der Waals surface area (Å²) in [6.07, 6.45) is 1.85. The van der Waals surface area contributed by atoms with Crippen LogP contribution in [0.2, 0.25) is 0 Å². The summed E-state index contributed by atoms with van der Waals surface area (Å²) in [7, 11) is 1.27. The van der Waals surface area contributed by atoms with Gasteiger partial charge in [-0.1, -0.05) is 29.5 Å². The van der Waals surface area contributed by atoms with Crippen molar-refractivity contribution >= 4 is 29.4 Å². The number of aryl methyl sites for hydroxylation is 1. The van der Waals surface area contributed by atoms with Crippen molar-refractivity contribution < 1.29 is 37.7 Å². The minimum Gasteiger partial charge on any atom is -0.490 e. The first-order chi connectivity index (χ1) is 26.0. The van der Waals surface area contributed by atoms with E-state index in [-0.39, 0.29) is 30.2 Å². The van der Waals surface area contributed by atoms with Crippen molar-refractivity contribution in [3.8, 4) is 22.9 Å². The molecule has 0 bridgehead atoms. The smallest absolute Gasteiger partial charge is 0.343 e. The van der Waals surface area contributed by atoms with Crippen LogP contribution in [0.5, 0.6) is 17.2 Å². The number of carbonyl (C=O) groups excluding carboxylic acids is 2. The maximum absolute atomic E-state index is 14.4. The Morgan fingerprint density at radius 2 is 1.65 bits per heavy atom. The number of methoxy groups -OCH3 is 1. The maximum Gasteiger partial charge on any atom is 0.343 e. The second-order valence-electron chi connectivity index (χ2n) is 12.4. The number of hydrogen-bond donors (Lipinski definition) is 0. The van der Waals surface area contributed by atoms with Gasteiger partial charge in [-0.2, -0.15) is 0 Å². The van der Waals surface area contributed by atoms with Gasteiger partial charge in [-0.05, 0) is 112 Å². The highest BCUT2D eigenvalue weighted by Crippen LogP contribution is 2.36. The predicted molar refractivity (Wildman–Crippen MR) is 201 cm³/mol. The average Bonchev–Trinajstić information content (AvgIpc) is 3.62.